The summed E-state index contributed by atoms with van der Waals surface area (Å²) >= 11 is 1.87. The average molecular weight is 266 g/mol. The maximum Gasteiger partial charge on any atom is 0.0207 e. The lowest BCUT2D eigenvalue weighted by molar-refractivity contribution is 0.266. The number of rotatable bonds is 5. The molecule has 2 rings (SSSR count). The number of hydrogen-bond acceptors (Lipinski definition) is 3. The van der Waals surface area contributed by atoms with Gasteiger partial charge in [0, 0.05) is 35.5 Å². The van der Waals surface area contributed by atoms with Crippen LogP contribution >= 0.6 is 11.3 Å². The standard InChI is InChI=1S/C15H26N2S/c1-12(2)17-8-7-13(10-17)16-11-15(3,4)14-6-5-9-18-14/h5-6,9,12-13,16H,7-8,10-11H2,1-4H3. The SMILES string of the molecule is CC(C)N1CCC(NCC(C)(C)c2cccs2)C1. The molecule has 1 unspecified atom stereocenters. The first-order valence-corrected chi connectivity index (χ1v) is 7.88. The highest BCUT2D eigenvalue weighted by Gasteiger charge is 2.27. The monoisotopic (exact) mass is 266 g/mol. The van der Waals surface area contributed by atoms with Crippen LogP contribution in [0.4, 0.5) is 0 Å². The number of nitrogens with one attached hydrogen (secondary N) is 1. The van der Waals surface area contributed by atoms with Gasteiger partial charge in [-0.2, -0.15) is 0 Å². The Bertz CT molecular complexity index is 357. The van der Waals surface area contributed by atoms with Gasteiger partial charge in [0.2, 0.25) is 0 Å². The Balaban J connectivity index is 1.82. The molecule has 0 saturated carbocycles. The maximum absolute atomic E-state index is 3.76. The third kappa shape index (κ3) is 3.34. The van der Waals surface area contributed by atoms with Gasteiger partial charge in [0.1, 0.15) is 0 Å². The summed E-state index contributed by atoms with van der Waals surface area (Å²) in [5.41, 5.74) is 0.249. The van der Waals surface area contributed by atoms with Gasteiger partial charge in [-0.3, -0.25) is 4.90 Å². The van der Waals surface area contributed by atoms with Crippen molar-refractivity contribution in [2.75, 3.05) is 19.6 Å². The average Bonchev–Trinajstić information content (AvgIpc) is 2.98. The van der Waals surface area contributed by atoms with Crippen LogP contribution in [0.2, 0.25) is 0 Å². The first-order valence-electron chi connectivity index (χ1n) is 7.00. The van der Waals surface area contributed by atoms with Gasteiger partial charge in [0.15, 0.2) is 0 Å². The Hall–Kier alpha value is -0.380. The third-order valence-corrected chi connectivity index (χ3v) is 5.21. The second-order valence-corrected chi connectivity index (χ2v) is 7.26. The molecular weight excluding hydrogens is 240 g/mol. The molecule has 0 aromatic carbocycles. The minimum absolute atomic E-state index is 0.249. The van der Waals surface area contributed by atoms with Crippen LogP contribution in [0.15, 0.2) is 17.5 Å². The highest BCUT2D eigenvalue weighted by Crippen LogP contribution is 2.27. The van der Waals surface area contributed by atoms with Crippen molar-refractivity contribution < 1.29 is 0 Å². The third-order valence-electron chi connectivity index (χ3n) is 3.97. The van der Waals surface area contributed by atoms with Crippen molar-refractivity contribution in [1.29, 1.82) is 0 Å². The summed E-state index contributed by atoms with van der Waals surface area (Å²) in [6, 6.07) is 5.76. The van der Waals surface area contributed by atoms with Crippen LogP contribution in [-0.4, -0.2) is 36.6 Å². The molecule has 18 heavy (non-hydrogen) atoms. The van der Waals surface area contributed by atoms with Crippen molar-refractivity contribution in [1.82, 2.24) is 10.2 Å². The number of thiophene rings is 1. The molecule has 1 aromatic heterocycles. The Labute approximate surface area is 115 Å². The van der Waals surface area contributed by atoms with Crippen LogP contribution in [-0.2, 0) is 5.41 Å². The van der Waals surface area contributed by atoms with Gasteiger partial charge in [-0.1, -0.05) is 19.9 Å². The molecule has 0 aliphatic carbocycles. The normalized spacial score (nSPS) is 21.9. The molecule has 2 heterocycles. The minimum Gasteiger partial charge on any atom is -0.312 e. The van der Waals surface area contributed by atoms with Crippen molar-refractivity contribution in [3.05, 3.63) is 22.4 Å². The zero-order chi connectivity index (χ0) is 13.2. The summed E-state index contributed by atoms with van der Waals surface area (Å²) in [6.07, 6.45) is 1.29. The zero-order valence-corrected chi connectivity index (χ0v) is 12.9. The molecule has 3 heteroatoms. The van der Waals surface area contributed by atoms with E-state index in [1.165, 1.54) is 24.4 Å². The van der Waals surface area contributed by atoms with Crippen molar-refractivity contribution in [3.63, 3.8) is 0 Å². The predicted octanol–water partition coefficient (Wildman–Crippen LogP) is 3.10. The molecule has 0 radical (unpaired) electrons. The smallest absolute Gasteiger partial charge is 0.0207 e. The Morgan fingerprint density at radius 2 is 2.28 bits per heavy atom. The van der Waals surface area contributed by atoms with Crippen LogP contribution in [0.1, 0.15) is 39.0 Å². The second kappa shape index (κ2) is 5.72. The summed E-state index contributed by atoms with van der Waals surface area (Å²) in [5, 5.41) is 5.93. The van der Waals surface area contributed by atoms with Gasteiger partial charge in [0.05, 0.1) is 0 Å². The van der Waals surface area contributed by atoms with Crippen LogP contribution < -0.4 is 5.32 Å². The van der Waals surface area contributed by atoms with Crippen LogP contribution in [0.5, 0.6) is 0 Å². The Morgan fingerprint density at radius 1 is 1.50 bits per heavy atom. The predicted molar refractivity (Wildman–Crippen MR) is 80.5 cm³/mol. The van der Waals surface area contributed by atoms with Gasteiger partial charge in [0.25, 0.3) is 0 Å². The van der Waals surface area contributed by atoms with Gasteiger partial charge in [-0.25, -0.2) is 0 Å². The Morgan fingerprint density at radius 3 is 2.83 bits per heavy atom. The molecule has 1 N–H and O–H groups in total. The largest absolute Gasteiger partial charge is 0.312 e. The lowest BCUT2D eigenvalue weighted by Crippen LogP contribution is -2.41. The van der Waals surface area contributed by atoms with E-state index in [1.807, 2.05) is 11.3 Å². The summed E-state index contributed by atoms with van der Waals surface area (Å²) in [4.78, 5) is 4.05. The van der Waals surface area contributed by atoms with Crippen LogP contribution in [0.3, 0.4) is 0 Å². The summed E-state index contributed by atoms with van der Waals surface area (Å²) in [6.45, 7) is 12.8. The fourth-order valence-corrected chi connectivity index (χ4v) is 3.43. The molecule has 102 valence electrons. The molecule has 0 spiro atoms. The van der Waals surface area contributed by atoms with Crippen molar-refractivity contribution >= 4 is 11.3 Å². The quantitative estimate of drug-likeness (QED) is 0.881. The van der Waals surface area contributed by atoms with E-state index >= 15 is 0 Å². The van der Waals surface area contributed by atoms with E-state index in [2.05, 4.69) is 55.4 Å². The summed E-state index contributed by atoms with van der Waals surface area (Å²) in [7, 11) is 0. The maximum atomic E-state index is 3.76. The number of nitrogens with zero attached hydrogens (tertiary/aromatic N) is 1. The molecular formula is C15H26N2S. The summed E-state index contributed by atoms with van der Waals surface area (Å²) in [5.74, 6) is 0. The molecule has 1 aliphatic heterocycles. The van der Waals surface area contributed by atoms with Gasteiger partial charge in [-0.15, -0.1) is 11.3 Å². The van der Waals surface area contributed by atoms with E-state index in [0.717, 1.165) is 6.54 Å². The van der Waals surface area contributed by atoms with Gasteiger partial charge in [-0.05, 0) is 38.3 Å². The van der Waals surface area contributed by atoms with Gasteiger partial charge < -0.3 is 5.32 Å². The molecule has 0 amide bonds. The van der Waals surface area contributed by atoms with E-state index in [4.69, 9.17) is 0 Å². The lowest BCUT2D eigenvalue weighted by Gasteiger charge is -2.26. The molecule has 1 aliphatic rings. The second-order valence-electron chi connectivity index (χ2n) is 6.32. The van der Waals surface area contributed by atoms with Crippen molar-refractivity contribution in [2.45, 2.75) is 51.6 Å². The first kappa shape index (κ1) is 14.0. The highest BCUT2D eigenvalue weighted by atomic mass is 32.1. The Kier molecular flexibility index (Phi) is 4.46. The molecule has 1 atom stereocenters. The zero-order valence-electron chi connectivity index (χ0n) is 12.1. The van der Waals surface area contributed by atoms with E-state index in [9.17, 15) is 0 Å². The van der Waals surface area contributed by atoms with E-state index < -0.39 is 0 Å². The minimum atomic E-state index is 0.249. The van der Waals surface area contributed by atoms with E-state index in [1.54, 1.807) is 0 Å². The summed E-state index contributed by atoms with van der Waals surface area (Å²) < 4.78 is 0. The molecule has 1 aromatic rings. The van der Waals surface area contributed by atoms with Crippen molar-refractivity contribution in [3.8, 4) is 0 Å². The molecule has 1 saturated heterocycles. The molecule has 1 fully saturated rings. The number of hydrogen-bond donors (Lipinski definition) is 1. The fraction of sp³-hybridized carbons (Fsp3) is 0.733. The first-order chi connectivity index (χ1) is 8.49. The van der Waals surface area contributed by atoms with Crippen LogP contribution in [0, 0.1) is 0 Å². The highest BCUT2D eigenvalue weighted by molar-refractivity contribution is 7.10. The van der Waals surface area contributed by atoms with E-state index in [-0.39, 0.29) is 5.41 Å². The molecule has 0 bridgehead atoms. The number of likely N-dealkylation sites (tertiary alicyclic amines) is 1. The lowest BCUT2D eigenvalue weighted by atomic mass is 9.91. The van der Waals surface area contributed by atoms with Gasteiger partial charge >= 0.3 is 0 Å². The topological polar surface area (TPSA) is 15.3 Å². The van der Waals surface area contributed by atoms with Crippen molar-refractivity contribution in [2.24, 2.45) is 0 Å². The fourth-order valence-electron chi connectivity index (χ4n) is 2.57. The molecule has 2 nitrogen and oxygen atoms in total. The van der Waals surface area contributed by atoms with E-state index in [0.29, 0.717) is 12.1 Å². The van der Waals surface area contributed by atoms with Crippen LogP contribution in [0.25, 0.3) is 0 Å².